The molecule has 2 N–H and O–H groups in total. The van der Waals surface area contributed by atoms with Crippen LogP contribution in [0.3, 0.4) is 0 Å². The van der Waals surface area contributed by atoms with Crippen molar-refractivity contribution in [3.8, 4) is 0 Å². The van der Waals surface area contributed by atoms with Gasteiger partial charge in [0.15, 0.2) is 0 Å². The van der Waals surface area contributed by atoms with Crippen LogP contribution in [0.2, 0.25) is 0 Å². The lowest BCUT2D eigenvalue weighted by atomic mass is 10.1. The van der Waals surface area contributed by atoms with Gasteiger partial charge >= 0.3 is 0 Å². The fourth-order valence-corrected chi connectivity index (χ4v) is 3.56. The fourth-order valence-electron chi connectivity index (χ4n) is 3.56. The van der Waals surface area contributed by atoms with Gasteiger partial charge in [-0.1, -0.05) is 18.2 Å². The van der Waals surface area contributed by atoms with Crippen LogP contribution in [-0.2, 0) is 9.59 Å². The monoisotopic (exact) mass is 330 g/mol. The summed E-state index contributed by atoms with van der Waals surface area (Å²) in [4.78, 5) is 30.8. The molecule has 2 aliphatic rings. The molecule has 0 spiro atoms. The molecule has 6 heteroatoms. The van der Waals surface area contributed by atoms with Gasteiger partial charge in [0.1, 0.15) is 0 Å². The molecule has 6 nitrogen and oxygen atoms in total. The first kappa shape index (κ1) is 16.9. The highest BCUT2D eigenvalue weighted by molar-refractivity contribution is 5.99. The zero-order valence-corrected chi connectivity index (χ0v) is 14.2. The Kier molecular flexibility index (Phi) is 5.16. The molecule has 3 rings (SSSR count). The summed E-state index contributed by atoms with van der Waals surface area (Å²) in [6.45, 7) is 5.48. The maximum atomic E-state index is 12.8. The maximum absolute atomic E-state index is 12.8. The maximum Gasteiger partial charge on any atom is 0.244 e. The van der Waals surface area contributed by atoms with Crippen molar-refractivity contribution in [1.82, 2.24) is 9.80 Å². The van der Waals surface area contributed by atoms with Gasteiger partial charge in [-0.2, -0.15) is 0 Å². The van der Waals surface area contributed by atoms with Crippen LogP contribution < -0.4 is 10.6 Å². The second-order valence-corrected chi connectivity index (χ2v) is 6.73. The van der Waals surface area contributed by atoms with Gasteiger partial charge in [0.05, 0.1) is 6.04 Å². The minimum Gasteiger partial charge on any atom is -0.340 e. The van der Waals surface area contributed by atoms with E-state index in [-0.39, 0.29) is 23.9 Å². The molecule has 2 fully saturated rings. The van der Waals surface area contributed by atoms with Crippen LogP contribution in [-0.4, -0.2) is 66.4 Å². The van der Waals surface area contributed by atoms with Gasteiger partial charge in [0.25, 0.3) is 0 Å². The minimum absolute atomic E-state index is 0.0594. The molecule has 2 unspecified atom stereocenters. The van der Waals surface area contributed by atoms with Gasteiger partial charge in [-0.25, -0.2) is 0 Å². The van der Waals surface area contributed by atoms with E-state index in [4.69, 9.17) is 5.73 Å². The van der Waals surface area contributed by atoms with E-state index in [0.29, 0.717) is 19.5 Å². The minimum atomic E-state index is -0.105. The molecular formula is C18H26N4O2. The normalized spacial score (nSPS) is 23.6. The average molecular weight is 330 g/mol. The van der Waals surface area contributed by atoms with E-state index < -0.39 is 0 Å². The zero-order chi connectivity index (χ0) is 17.1. The van der Waals surface area contributed by atoms with Crippen molar-refractivity contribution in [3.05, 3.63) is 30.3 Å². The van der Waals surface area contributed by atoms with Gasteiger partial charge in [0.2, 0.25) is 11.8 Å². The first-order valence-corrected chi connectivity index (χ1v) is 8.70. The van der Waals surface area contributed by atoms with Gasteiger partial charge < -0.3 is 15.5 Å². The number of nitrogens with zero attached hydrogens (tertiary/aromatic N) is 3. The molecule has 130 valence electrons. The molecule has 1 aromatic rings. The van der Waals surface area contributed by atoms with E-state index in [1.807, 2.05) is 47.1 Å². The lowest BCUT2D eigenvalue weighted by Crippen LogP contribution is -2.54. The number of piperazine rings is 1. The molecule has 24 heavy (non-hydrogen) atoms. The Morgan fingerprint density at radius 2 is 1.83 bits per heavy atom. The Morgan fingerprint density at radius 1 is 1.17 bits per heavy atom. The number of rotatable bonds is 4. The molecule has 0 aliphatic carbocycles. The van der Waals surface area contributed by atoms with Gasteiger partial charge in [0, 0.05) is 50.9 Å². The molecule has 0 aromatic heterocycles. The van der Waals surface area contributed by atoms with E-state index in [1.54, 1.807) is 0 Å². The molecular weight excluding hydrogens is 304 g/mol. The zero-order valence-electron chi connectivity index (χ0n) is 14.2. The Hall–Kier alpha value is -1.92. The number of hydrogen-bond donors (Lipinski definition) is 1. The molecule has 2 atom stereocenters. The Labute approximate surface area is 143 Å². The van der Waals surface area contributed by atoms with Crippen molar-refractivity contribution in [2.24, 2.45) is 5.73 Å². The van der Waals surface area contributed by atoms with Crippen LogP contribution in [0.5, 0.6) is 0 Å². The van der Waals surface area contributed by atoms with E-state index in [1.165, 1.54) is 0 Å². The summed E-state index contributed by atoms with van der Waals surface area (Å²) in [5, 5.41) is 0. The Morgan fingerprint density at radius 3 is 2.46 bits per heavy atom. The number of nitrogens with two attached hydrogens (primary N) is 1. The third-order valence-corrected chi connectivity index (χ3v) is 4.85. The van der Waals surface area contributed by atoms with Crippen LogP contribution in [0, 0.1) is 0 Å². The summed E-state index contributed by atoms with van der Waals surface area (Å²) < 4.78 is 0. The molecule has 0 radical (unpaired) electrons. The van der Waals surface area contributed by atoms with Crippen LogP contribution in [0.1, 0.15) is 19.8 Å². The summed E-state index contributed by atoms with van der Waals surface area (Å²) in [7, 11) is 0. The van der Waals surface area contributed by atoms with Crippen molar-refractivity contribution < 1.29 is 9.59 Å². The van der Waals surface area contributed by atoms with E-state index in [2.05, 4.69) is 4.90 Å². The van der Waals surface area contributed by atoms with Gasteiger partial charge in [-0.3, -0.25) is 14.5 Å². The van der Waals surface area contributed by atoms with E-state index in [0.717, 1.165) is 31.7 Å². The van der Waals surface area contributed by atoms with Crippen molar-refractivity contribution in [2.75, 3.05) is 37.6 Å². The summed E-state index contributed by atoms with van der Waals surface area (Å²) in [5.41, 5.74) is 6.68. The summed E-state index contributed by atoms with van der Waals surface area (Å²) >= 11 is 0. The van der Waals surface area contributed by atoms with Crippen molar-refractivity contribution >= 4 is 17.5 Å². The SMILES string of the molecule is CC(N)CC(=O)N1CCN(C2CCN(c3ccccc3)C2=O)CC1. The molecule has 2 heterocycles. The lowest BCUT2D eigenvalue weighted by molar-refractivity contribution is -0.134. The van der Waals surface area contributed by atoms with Gasteiger partial charge in [-0.15, -0.1) is 0 Å². The highest BCUT2D eigenvalue weighted by Crippen LogP contribution is 2.25. The number of benzene rings is 1. The Balaban J connectivity index is 1.56. The predicted octanol–water partition coefficient (Wildman–Crippen LogP) is 0.673. The third kappa shape index (κ3) is 3.60. The molecule has 0 saturated carbocycles. The topological polar surface area (TPSA) is 69.9 Å². The van der Waals surface area contributed by atoms with Crippen molar-refractivity contribution in [2.45, 2.75) is 31.8 Å². The predicted molar refractivity (Wildman–Crippen MR) is 93.6 cm³/mol. The fraction of sp³-hybridized carbons (Fsp3) is 0.556. The van der Waals surface area contributed by atoms with Crippen molar-refractivity contribution in [3.63, 3.8) is 0 Å². The molecule has 0 bridgehead atoms. The van der Waals surface area contributed by atoms with Crippen LogP contribution in [0.25, 0.3) is 0 Å². The summed E-state index contributed by atoms with van der Waals surface area (Å²) in [5.74, 6) is 0.296. The number of para-hydroxylation sites is 1. The van der Waals surface area contributed by atoms with Crippen LogP contribution in [0.15, 0.2) is 30.3 Å². The summed E-state index contributed by atoms with van der Waals surface area (Å²) in [6.07, 6.45) is 1.24. The average Bonchev–Trinajstić information content (AvgIpc) is 2.97. The van der Waals surface area contributed by atoms with E-state index in [9.17, 15) is 9.59 Å². The smallest absolute Gasteiger partial charge is 0.244 e. The first-order chi connectivity index (χ1) is 11.6. The number of carbonyl (C=O) groups is 2. The second kappa shape index (κ2) is 7.32. The highest BCUT2D eigenvalue weighted by Gasteiger charge is 2.38. The molecule has 1 aromatic carbocycles. The highest BCUT2D eigenvalue weighted by atomic mass is 16.2. The number of anilines is 1. The Bertz CT molecular complexity index is 582. The standard InChI is InChI=1S/C18H26N4O2/c1-14(19)13-17(23)21-11-9-20(10-12-21)16-7-8-22(18(16)24)15-5-3-2-4-6-15/h2-6,14,16H,7-13,19H2,1H3. The largest absolute Gasteiger partial charge is 0.340 e. The molecule has 2 aliphatic heterocycles. The quantitative estimate of drug-likeness (QED) is 0.881. The number of hydrogen-bond acceptors (Lipinski definition) is 4. The van der Waals surface area contributed by atoms with E-state index >= 15 is 0 Å². The van der Waals surface area contributed by atoms with Gasteiger partial charge in [-0.05, 0) is 25.5 Å². The molecule has 2 saturated heterocycles. The number of amides is 2. The number of carbonyl (C=O) groups excluding carboxylic acids is 2. The van der Waals surface area contributed by atoms with Crippen molar-refractivity contribution in [1.29, 1.82) is 0 Å². The van der Waals surface area contributed by atoms with Crippen LogP contribution >= 0.6 is 0 Å². The third-order valence-electron chi connectivity index (χ3n) is 4.85. The second-order valence-electron chi connectivity index (χ2n) is 6.73. The first-order valence-electron chi connectivity index (χ1n) is 8.70. The van der Waals surface area contributed by atoms with Crippen LogP contribution in [0.4, 0.5) is 5.69 Å². The summed E-state index contributed by atoms with van der Waals surface area (Å²) in [6, 6.07) is 9.66. The lowest BCUT2D eigenvalue weighted by Gasteiger charge is -2.37. The molecule has 2 amide bonds.